The minimum Gasteiger partial charge on any atom is -0.501 e. The first kappa shape index (κ1) is 10.8. The molecule has 0 aliphatic carbocycles. The lowest BCUT2D eigenvalue weighted by molar-refractivity contribution is -0.387. The second-order valence-corrected chi connectivity index (χ2v) is 3.25. The number of halogens is 3. The van der Waals surface area contributed by atoms with Crippen LogP contribution in [0, 0.1) is 10.1 Å². The monoisotopic (exact) mass is 267 g/mol. The standard InChI is InChI=1S/C7H4BrF2NO3/c8-4-2-1-3(7(9)10)5(6(4)12)11(13)14/h1-2,7,12H. The Hall–Kier alpha value is -1.24. The van der Waals surface area contributed by atoms with Gasteiger partial charge >= 0.3 is 5.69 Å². The fourth-order valence-corrected chi connectivity index (χ4v) is 1.26. The van der Waals surface area contributed by atoms with Crippen molar-refractivity contribution in [2.45, 2.75) is 6.43 Å². The highest BCUT2D eigenvalue weighted by Gasteiger charge is 2.27. The molecule has 14 heavy (non-hydrogen) atoms. The van der Waals surface area contributed by atoms with E-state index in [2.05, 4.69) is 15.9 Å². The fraction of sp³-hybridized carbons (Fsp3) is 0.143. The highest BCUT2D eigenvalue weighted by atomic mass is 79.9. The van der Waals surface area contributed by atoms with Gasteiger partial charge in [-0.2, -0.15) is 0 Å². The first-order chi connectivity index (χ1) is 6.45. The van der Waals surface area contributed by atoms with Crippen LogP contribution in [0.2, 0.25) is 0 Å². The maximum absolute atomic E-state index is 12.3. The van der Waals surface area contributed by atoms with E-state index < -0.39 is 28.3 Å². The molecule has 76 valence electrons. The van der Waals surface area contributed by atoms with Gasteiger partial charge in [-0.05, 0) is 28.1 Å². The highest BCUT2D eigenvalue weighted by Crippen LogP contribution is 2.40. The van der Waals surface area contributed by atoms with Gasteiger partial charge in [0.25, 0.3) is 6.43 Å². The molecule has 0 atom stereocenters. The molecule has 0 aliphatic rings. The van der Waals surface area contributed by atoms with Crippen LogP contribution in [0.15, 0.2) is 16.6 Å². The van der Waals surface area contributed by atoms with E-state index in [0.29, 0.717) is 0 Å². The van der Waals surface area contributed by atoms with Crippen molar-refractivity contribution in [1.82, 2.24) is 0 Å². The molecule has 7 heteroatoms. The van der Waals surface area contributed by atoms with Crippen molar-refractivity contribution in [3.05, 3.63) is 32.3 Å². The zero-order valence-electron chi connectivity index (χ0n) is 6.58. The maximum atomic E-state index is 12.3. The molecule has 0 saturated heterocycles. The number of nitrogens with zero attached hydrogens (tertiary/aromatic N) is 1. The van der Waals surface area contributed by atoms with Crippen molar-refractivity contribution in [2.24, 2.45) is 0 Å². The molecule has 1 rings (SSSR count). The van der Waals surface area contributed by atoms with Gasteiger partial charge in [0.1, 0.15) is 0 Å². The van der Waals surface area contributed by atoms with Gasteiger partial charge in [-0.15, -0.1) is 0 Å². The average molecular weight is 268 g/mol. The van der Waals surface area contributed by atoms with E-state index in [9.17, 15) is 24.0 Å². The van der Waals surface area contributed by atoms with E-state index in [0.717, 1.165) is 12.1 Å². The SMILES string of the molecule is O=[N+]([O-])c1c(C(F)F)ccc(Br)c1O. The second-order valence-electron chi connectivity index (χ2n) is 2.39. The summed E-state index contributed by atoms with van der Waals surface area (Å²) in [5.41, 5.74) is -1.76. The van der Waals surface area contributed by atoms with E-state index in [1.54, 1.807) is 0 Å². The van der Waals surface area contributed by atoms with Crippen LogP contribution < -0.4 is 0 Å². The van der Waals surface area contributed by atoms with E-state index in [1.165, 1.54) is 0 Å². The summed E-state index contributed by atoms with van der Waals surface area (Å²) in [6.45, 7) is 0. The van der Waals surface area contributed by atoms with Gasteiger partial charge in [0.15, 0.2) is 0 Å². The zero-order chi connectivity index (χ0) is 10.9. The van der Waals surface area contributed by atoms with Crippen LogP contribution in [0.1, 0.15) is 12.0 Å². The summed E-state index contributed by atoms with van der Waals surface area (Å²) in [6.07, 6.45) is -2.99. The molecule has 0 radical (unpaired) electrons. The first-order valence-electron chi connectivity index (χ1n) is 3.39. The van der Waals surface area contributed by atoms with Crippen LogP contribution in [-0.4, -0.2) is 10.0 Å². The third-order valence-electron chi connectivity index (χ3n) is 1.55. The maximum Gasteiger partial charge on any atom is 0.320 e. The van der Waals surface area contributed by atoms with Gasteiger partial charge in [-0.1, -0.05) is 0 Å². The molecule has 1 aromatic rings. The van der Waals surface area contributed by atoms with E-state index in [1.807, 2.05) is 0 Å². The molecule has 0 spiro atoms. The average Bonchev–Trinajstić information content (AvgIpc) is 2.08. The molecule has 1 aromatic carbocycles. The largest absolute Gasteiger partial charge is 0.501 e. The Morgan fingerprint density at radius 1 is 1.50 bits per heavy atom. The molecule has 1 N–H and O–H groups in total. The number of phenols is 1. The summed E-state index contributed by atoms with van der Waals surface area (Å²) in [5, 5.41) is 19.6. The van der Waals surface area contributed by atoms with Crippen LogP contribution in [0.3, 0.4) is 0 Å². The number of benzene rings is 1. The van der Waals surface area contributed by atoms with Gasteiger partial charge in [-0.3, -0.25) is 10.1 Å². The normalized spacial score (nSPS) is 10.6. The van der Waals surface area contributed by atoms with Gasteiger partial charge in [-0.25, -0.2) is 8.78 Å². The van der Waals surface area contributed by atoms with Crippen molar-refractivity contribution in [3.8, 4) is 5.75 Å². The molecule has 4 nitrogen and oxygen atoms in total. The molecule has 0 amide bonds. The van der Waals surface area contributed by atoms with E-state index in [-0.39, 0.29) is 4.47 Å². The van der Waals surface area contributed by atoms with E-state index >= 15 is 0 Å². The molecule has 0 unspecified atom stereocenters. The van der Waals surface area contributed by atoms with Crippen LogP contribution in [-0.2, 0) is 0 Å². The van der Waals surface area contributed by atoms with Crippen LogP contribution in [0.4, 0.5) is 14.5 Å². The second kappa shape index (κ2) is 3.87. The summed E-state index contributed by atoms with van der Waals surface area (Å²) >= 11 is 2.80. The summed E-state index contributed by atoms with van der Waals surface area (Å²) < 4.78 is 24.5. The number of alkyl halides is 2. The smallest absolute Gasteiger partial charge is 0.320 e. The van der Waals surface area contributed by atoms with Crippen molar-refractivity contribution in [1.29, 1.82) is 0 Å². The third-order valence-corrected chi connectivity index (χ3v) is 2.19. The lowest BCUT2D eigenvalue weighted by atomic mass is 10.2. The fourth-order valence-electron chi connectivity index (χ4n) is 0.939. The van der Waals surface area contributed by atoms with Crippen LogP contribution in [0.5, 0.6) is 5.75 Å². The lowest BCUT2D eigenvalue weighted by Crippen LogP contribution is -1.96. The summed E-state index contributed by atoms with van der Waals surface area (Å²) in [7, 11) is 0. The molecule has 0 saturated carbocycles. The topological polar surface area (TPSA) is 63.4 Å². The van der Waals surface area contributed by atoms with Gasteiger partial charge in [0.05, 0.1) is 15.0 Å². The minimum absolute atomic E-state index is 0.00796. The summed E-state index contributed by atoms with van der Waals surface area (Å²) in [4.78, 5) is 9.35. The Balaban J connectivity index is 3.45. The number of nitro groups is 1. The minimum atomic E-state index is -2.99. The number of nitro benzene ring substituents is 1. The van der Waals surface area contributed by atoms with Gasteiger partial charge in [0, 0.05) is 0 Å². The number of hydrogen-bond donors (Lipinski definition) is 1. The Kier molecular flexibility index (Phi) is 3.00. The Morgan fingerprint density at radius 3 is 2.50 bits per heavy atom. The molecular weight excluding hydrogens is 264 g/mol. The first-order valence-corrected chi connectivity index (χ1v) is 4.18. The van der Waals surface area contributed by atoms with Crippen molar-refractivity contribution in [3.63, 3.8) is 0 Å². The Morgan fingerprint density at radius 2 is 2.07 bits per heavy atom. The molecule has 0 bridgehead atoms. The van der Waals surface area contributed by atoms with Crippen molar-refractivity contribution in [2.75, 3.05) is 0 Å². The molecule has 0 heterocycles. The predicted molar refractivity (Wildman–Crippen MR) is 47.4 cm³/mol. The number of rotatable bonds is 2. The predicted octanol–water partition coefficient (Wildman–Crippen LogP) is 3.00. The molecule has 0 aliphatic heterocycles. The quantitative estimate of drug-likeness (QED) is 0.662. The number of aromatic hydroxyl groups is 1. The van der Waals surface area contributed by atoms with Crippen molar-refractivity contribution >= 4 is 21.6 Å². The van der Waals surface area contributed by atoms with Crippen molar-refractivity contribution < 1.29 is 18.8 Å². The summed E-state index contributed by atoms with van der Waals surface area (Å²) in [5.74, 6) is -0.784. The Labute approximate surface area is 85.4 Å². The van der Waals surface area contributed by atoms with Crippen LogP contribution in [0.25, 0.3) is 0 Å². The van der Waals surface area contributed by atoms with E-state index in [4.69, 9.17) is 0 Å². The van der Waals surface area contributed by atoms with Crippen LogP contribution >= 0.6 is 15.9 Å². The lowest BCUT2D eigenvalue weighted by Gasteiger charge is -2.04. The number of hydrogen-bond acceptors (Lipinski definition) is 3. The Bertz CT molecular complexity index is 383. The van der Waals surface area contributed by atoms with Gasteiger partial charge < -0.3 is 5.11 Å². The molecule has 0 aromatic heterocycles. The zero-order valence-corrected chi connectivity index (χ0v) is 8.16. The highest BCUT2D eigenvalue weighted by molar-refractivity contribution is 9.10. The molecule has 0 fully saturated rings. The number of phenolic OH excluding ortho intramolecular Hbond substituents is 1. The molecular formula is C7H4BrF2NO3. The third kappa shape index (κ3) is 1.82. The summed E-state index contributed by atoms with van der Waals surface area (Å²) in [6, 6.07) is 2.02. The van der Waals surface area contributed by atoms with Gasteiger partial charge in [0.2, 0.25) is 5.75 Å².